The van der Waals surface area contributed by atoms with Crippen molar-refractivity contribution in [3.63, 3.8) is 0 Å². The Kier molecular flexibility index (Phi) is 7.58. The summed E-state index contributed by atoms with van der Waals surface area (Å²) in [4.78, 5) is 0. The molecule has 0 aromatic rings. The van der Waals surface area contributed by atoms with Crippen molar-refractivity contribution in [3.05, 3.63) is 0 Å². The minimum absolute atomic E-state index is 0.462. The highest BCUT2D eigenvalue weighted by atomic mass is 16.5. The zero-order chi connectivity index (χ0) is 9.40. The molecule has 0 aliphatic carbocycles. The molecule has 74 valence electrons. The maximum atomic E-state index is 5.57. The van der Waals surface area contributed by atoms with Crippen LogP contribution in [-0.4, -0.2) is 12.7 Å². The van der Waals surface area contributed by atoms with Crippen molar-refractivity contribution in [3.8, 4) is 0 Å². The summed E-state index contributed by atoms with van der Waals surface area (Å²) in [5.74, 6) is 0.836. The fraction of sp³-hybridized carbons (Fsp3) is 1.00. The van der Waals surface area contributed by atoms with Crippen molar-refractivity contribution in [1.82, 2.24) is 0 Å². The molecule has 0 heterocycles. The van der Waals surface area contributed by atoms with Crippen LogP contribution in [0, 0.1) is 5.92 Å². The molecule has 0 saturated heterocycles. The zero-order valence-electron chi connectivity index (χ0n) is 9.10. The lowest BCUT2D eigenvalue weighted by atomic mass is 10.0. The van der Waals surface area contributed by atoms with Gasteiger partial charge in [-0.05, 0) is 25.7 Å². The van der Waals surface area contributed by atoms with Crippen LogP contribution in [0.15, 0.2) is 0 Å². The normalized spacial score (nSPS) is 13.8. The number of rotatable bonds is 7. The monoisotopic (exact) mass is 172 g/mol. The lowest BCUT2D eigenvalue weighted by Gasteiger charge is -2.12. The molecule has 0 bridgehead atoms. The summed E-state index contributed by atoms with van der Waals surface area (Å²) in [5, 5.41) is 0. The van der Waals surface area contributed by atoms with Crippen molar-refractivity contribution < 1.29 is 4.74 Å². The average molecular weight is 172 g/mol. The number of ether oxygens (including phenoxy) is 1. The van der Waals surface area contributed by atoms with Crippen molar-refractivity contribution in [2.24, 2.45) is 5.92 Å². The Morgan fingerprint density at radius 2 is 1.75 bits per heavy atom. The Hall–Kier alpha value is -0.0400. The van der Waals surface area contributed by atoms with E-state index in [2.05, 4.69) is 27.7 Å². The molecular formula is C11H24O. The predicted molar refractivity (Wildman–Crippen MR) is 54.4 cm³/mol. The van der Waals surface area contributed by atoms with Crippen LogP contribution in [-0.2, 0) is 4.74 Å². The van der Waals surface area contributed by atoms with E-state index in [4.69, 9.17) is 4.74 Å². The van der Waals surface area contributed by atoms with Gasteiger partial charge in [0, 0.05) is 6.61 Å². The highest BCUT2D eigenvalue weighted by Gasteiger charge is 2.01. The van der Waals surface area contributed by atoms with Gasteiger partial charge in [0.1, 0.15) is 0 Å². The third kappa shape index (κ3) is 8.06. The van der Waals surface area contributed by atoms with E-state index in [1.807, 2.05) is 0 Å². The van der Waals surface area contributed by atoms with Crippen molar-refractivity contribution in [1.29, 1.82) is 0 Å². The maximum Gasteiger partial charge on any atom is 0.0547 e. The molecule has 1 unspecified atom stereocenters. The van der Waals surface area contributed by atoms with Crippen molar-refractivity contribution in [2.75, 3.05) is 6.61 Å². The van der Waals surface area contributed by atoms with Gasteiger partial charge in [0.05, 0.1) is 6.10 Å². The molecule has 0 aliphatic rings. The Balaban J connectivity index is 3.13. The van der Waals surface area contributed by atoms with Gasteiger partial charge in [0.2, 0.25) is 0 Å². The quantitative estimate of drug-likeness (QED) is 0.570. The van der Waals surface area contributed by atoms with Crippen LogP contribution in [0.4, 0.5) is 0 Å². The Labute approximate surface area is 77.5 Å². The van der Waals surface area contributed by atoms with Gasteiger partial charge < -0.3 is 4.74 Å². The molecular weight excluding hydrogens is 148 g/mol. The fourth-order valence-corrected chi connectivity index (χ4v) is 1.22. The first-order chi connectivity index (χ1) is 5.66. The summed E-state index contributed by atoms with van der Waals surface area (Å²) in [6.45, 7) is 9.80. The Bertz CT molecular complexity index is 89.0. The number of hydrogen-bond acceptors (Lipinski definition) is 1. The minimum atomic E-state index is 0.462. The molecule has 0 aromatic heterocycles. The third-order valence-corrected chi connectivity index (χ3v) is 2.00. The predicted octanol–water partition coefficient (Wildman–Crippen LogP) is 3.63. The van der Waals surface area contributed by atoms with E-state index in [0.717, 1.165) is 18.9 Å². The lowest BCUT2D eigenvalue weighted by Crippen LogP contribution is -2.08. The van der Waals surface area contributed by atoms with Crippen LogP contribution in [0.25, 0.3) is 0 Å². The fourth-order valence-electron chi connectivity index (χ4n) is 1.22. The summed E-state index contributed by atoms with van der Waals surface area (Å²) in [5.41, 5.74) is 0. The molecule has 0 radical (unpaired) electrons. The molecule has 0 rings (SSSR count). The molecule has 0 amide bonds. The first-order valence-corrected chi connectivity index (χ1v) is 5.28. The van der Waals surface area contributed by atoms with E-state index in [1.54, 1.807) is 0 Å². The van der Waals surface area contributed by atoms with E-state index < -0.39 is 0 Å². The molecule has 0 fully saturated rings. The van der Waals surface area contributed by atoms with E-state index >= 15 is 0 Å². The van der Waals surface area contributed by atoms with Gasteiger partial charge in [0.15, 0.2) is 0 Å². The summed E-state index contributed by atoms with van der Waals surface area (Å²) in [6, 6.07) is 0. The molecule has 1 nitrogen and oxygen atoms in total. The van der Waals surface area contributed by atoms with Crippen LogP contribution in [0.1, 0.15) is 53.4 Å². The zero-order valence-corrected chi connectivity index (χ0v) is 9.10. The van der Waals surface area contributed by atoms with E-state index in [0.29, 0.717) is 6.10 Å². The van der Waals surface area contributed by atoms with Crippen LogP contribution in [0.3, 0.4) is 0 Å². The highest BCUT2D eigenvalue weighted by Crippen LogP contribution is 2.10. The maximum absolute atomic E-state index is 5.57. The van der Waals surface area contributed by atoms with Crippen LogP contribution >= 0.6 is 0 Å². The SMILES string of the molecule is CCCOC(C)CCCC(C)C. The first kappa shape index (κ1) is 12.0. The molecule has 1 atom stereocenters. The second-order valence-corrected chi connectivity index (χ2v) is 4.01. The minimum Gasteiger partial charge on any atom is -0.379 e. The summed E-state index contributed by atoms with van der Waals surface area (Å²) in [7, 11) is 0. The van der Waals surface area contributed by atoms with Gasteiger partial charge in [-0.15, -0.1) is 0 Å². The van der Waals surface area contributed by atoms with Gasteiger partial charge in [-0.3, -0.25) is 0 Å². The van der Waals surface area contributed by atoms with E-state index in [1.165, 1.54) is 19.3 Å². The molecule has 0 saturated carbocycles. The lowest BCUT2D eigenvalue weighted by molar-refractivity contribution is 0.0585. The Morgan fingerprint density at radius 1 is 1.08 bits per heavy atom. The smallest absolute Gasteiger partial charge is 0.0547 e. The largest absolute Gasteiger partial charge is 0.379 e. The number of hydrogen-bond donors (Lipinski definition) is 0. The van der Waals surface area contributed by atoms with Gasteiger partial charge in [-0.1, -0.05) is 33.6 Å². The summed E-state index contributed by atoms with van der Waals surface area (Å²) >= 11 is 0. The van der Waals surface area contributed by atoms with Gasteiger partial charge in [-0.2, -0.15) is 0 Å². The summed E-state index contributed by atoms with van der Waals surface area (Å²) in [6.07, 6.45) is 5.46. The van der Waals surface area contributed by atoms with E-state index in [-0.39, 0.29) is 0 Å². The van der Waals surface area contributed by atoms with Gasteiger partial charge >= 0.3 is 0 Å². The van der Waals surface area contributed by atoms with Crippen LogP contribution < -0.4 is 0 Å². The Morgan fingerprint density at radius 3 is 2.25 bits per heavy atom. The van der Waals surface area contributed by atoms with Crippen molar-refractivity contribution >= 4 is 0 Å². The topological polar surface area (TPSA) is 9.23 Å². The van der Waals surface area contributed by atoms with Crippen LogP contribution in [0.2, 0.25) is 0 Å². The van der Waals surface area contributed by atoms with Gasteiger partial charge in [-0.25, -0.2) is 0 Å². The molecule has 0 N–H and O–H groups in total. The molecule has 0 aliphatic heterocycles. The third-order valence-electron chi connectivity index (χ3n) is 2.00. The average Bonchev–Trinajstić information content (AvgIpc) is 2.00. The molecule has 0 aromatic carbocycles. The first-order valence-electron chi connectivity index (χ1n) is 5.28. The molecule has 1 heteroatoms. The highest BCUT2D eigenvalue weighted by molar-refractivity contribution is 4.53. The van der Waals surface area contributed by atoms with E-state index in [9.17, 15) is 0 Å². The second-order valence-electron chi connectivity index (χ2n) is 4.01. The van der Waals surface area contributed by atoms with Gasteiger partial charge in [0.25, 0.3) is 0 Å². The standard InChI is InChI=1S/C11H24O/c1-5-9-12-11(4)8-6-7-10(2)3/h10-11H,5-9H2,1-4H3. The summed E-state index contributed by atoms with van der Waals surface area (Å²) < 4.78 is 5.57. The van der Waals surface area contributed by atoms with Crippen molar-refractivity contribution in [2.45, 2.75) is 59.5 Å². The second kappa shape index (κ2) is 7.60. The van der Waals surface area contributed by atoms with Crippen LogP contribution in [0.5, 0.6) is 0 Å². The molecule has 12 heavy (non-hydrogen) atoms. The molecule has 0 spiro atoms.